The van der Waals surface area contributed by atoms with Crippen molar-refractivity contribution in [3.63, 3.8) is 0 Å². The normalized spacial score (nSPS) is 12.2. The number of benzene rings is 1. The Morgan fingerprint density at radius 1 is 1.28 bits per heavy atom. The Morgan fingerprint density at radius 2 is 2.00 bits per heavy atom. The number of halogens is 1. The van der Waals surface area contributed by atoms with E-state index in [2.05, 4.69) is 4.98 Å². The van der Waals surface area contributed by atoms with Crippen molar-refractivity contribution in [3.8, 4) is 5.75 Å². The second-order valence-corrected chi connectivity index (χ2v) is 4.00. The molecule has 0 unspecified atom stereocenters. The van der Waals surface area contributed by atoms with Gasteiger partial charge in [0.05, 0.1) is 6.10 Å². The van der Waals surface area contributed by atoms with Crippen molar-refractivity contribution in [1.82, 2.24) is 4.98 Å². The van der Waals surface area contributed by atoms with Crippen LogP contribution in [0, 0.1) is 5.82 Å². The maximum Gasteiger partial charge on any atom is 0.128 e. The summed E-state index contributed by atoms with van der Waals surface area (Å²) in [5.74, 6) is -0.0223. The molecule has 0 fully saturated rings. The monoisotopic (exact) mass is 247 g/mol. The van der Waals surface area contributed by atoms with Gasteiger partial charge in [-0.15, -0.1) is 0 Å². The summed E-state index contributed by atoms with van der Waals surface area (Å²) in [6.07, 6.45) is 2.64. The lowest BCUT2D eigenvalue weighted by Crippen LogP contribution is -2.01. The standard InChI is InChI=1S/C14H14FNO2/c1-10(17)13-3-2-12(15)8-14(13)18-9-11-4-6-16-7-5-11/h2-8,10,17H,9H2,1H3/t10-/m0/s1. The van der Waals surface area contributed by atoms with Gasteiger partial charge in [-0.3, -0.25) is 4.98 Å². The van der Waals surface area contributed by atoms with Gasteiger partial charge in [-0.25, -0.2) is 4.39 Å². The molecule has 0 radical (unpaired) electrons. The summed E-state index contributed by atoms with van der Waals surface area (Å²) in [5.41, 5.74) is 1.51. The maximum absolute atomic E-state index is 13.2. The van der Waals surface area contributed by atoms with E-state index in [-0.39, 0.29) is 5.82 Å². The van der Waals surface area contributed by atoms with Gasteiger partial charge in [-0.2, -0.15) is 0 Å². The Balaban J connectivity index is 2.15. The quantitative estimate of drug-likeness (QED) is 0.903. The molecule has 1 aromatic heterocycles. The van der Waals surface area contributed by atoms with Gasteiger partial charge in [0.15, 0.2) is 0 Å². The van der Waals surface area contributed by atoms with Crippen LogP contribution in [0.25, 0.3) is 0 Å². The Hall–Kier alpha value is -1.94. The first-order valence-corrected chi connectivity index (χ1v) is 5.66. The molecule has 0 aliphatic heterocycles. The number of aliphatic hydroxyl groups excluding tert-OH is 1. The predicted octanol–water partition coefficient (Wildman–Crippen LogP) is 2.85. The van der Waals surface area contributed by atoms with Gasteiger partial charge in [0.1, 0.15) is 18.2 Å². The van der Waals surface area contributed by atoms with Crippen molar-refractivity contribution in [2.75, 3.05) is 0 Å². The number of ether oxygens (including phenoxy) is 1. The molecule has 0 spiro atoms. The Kier molecular flexibility index (Phi) is 3.89. The van der Waals surface area contributed by atoms with Gasteiger partial charge in [-0.1, -0.05) is 0 Å². The van der Waals surface area contributed by atoms with Crippen molar-refractivity contribution in [2.24, 2.45) is 0 Å². The summed E-state index contributed by atoms with van der Waals surface area (Å²) in [6, 6.07) is 7.76. The maximum atomic E-state index is 13.2. The second kappa shape index (κ2) is 5.60. The van der Waals surface area contributed by atoms with Crippen LogP contribution in [0.2, 0.25) is 0 Å². The molecule has 4 heteroatoms. The van der Waals surface area contributed by atoms with Crippen molar-refractivity contribution in [1.29, 1.82) is 0 Å². The first-order chi connectivity index (χ1) is 8.66. The number of aliphatic hydroxyl groups is 1. The van der Waals surface area contributed by atoms with Crippen LogP contribution in [0.15, 0.2) is 42.7 Å². The molecule has 1 N–H and O–H groups in total. The number of aromatic nitrogens is 1. The summed E-state index contributed by atoms with van der Waals surface area (Å²) >= 11 is 0. The predicted molar refractivity (Wildman–Crippen MR) is 65.6 cm³/mol. The number of hydrogen-bond acceptors (Lipinski definition) is 3. The highest BCUT2D eigenvalue weighted by molar-refractivity contribution is 5.35. The second-order valence-electron chi connectivity index (χ2n) is 4.00. The highest BCUT2D eigenvalue weighted by Gasteiger charge is 2.10. The molecule has 94 valence electrons. The van der Waals surface area contributed by atoms with Gasteiger partial charge in [-0.05, 0) is 36.8 Å². The minimum absolute atomic E-state index is 0.311. The lowest BCUT2D eigenvalue weighted by atomic mass is 10.1. The molecule has 0 bridgehead atoms. The van der Waals surface area contributed by atoms with E-state index in [9.17, 15) is 9.50 Å². The van der Waals surface area contributed by atoms with E-state index in [1.54, 1.807) is 19.3 Å². The summed E-state index contributed by atoms with van der Waals surface area (Å²) in [5, 5.41) is 9.58. The zero-order valence-corrected chi connectivity index (χ0v) is 10.0. The summed E-state index contributed by atoms with van der Waals surface area (Å²) in [7, 11) is 0. The molecule has 0 aliphatic rings. The van der Waals surface area contributed by atoms with E-state index in [0.29, 0.717) is 17.9 Å². The van der Waals surface area contributed by atoms with Gasteiger partial charge in [0.2, 0.25) is 0 Å². The highest BCUT2D eigenvalue weighted by Crippen LogP contribution is 2.26. The van der Waals surface area contributed by atoms with E-state index in [1.807, 2.05) is 12.1 Å². The highest BCUT2D eigenvalue weighted by atomic mass is 19.1. The fraction of sp³-hybridized carbons (Fsp3) is 0.214. The van der Waals surface area contributed by atoms with Crippen LogP contribution in [-0.2, 0) is 6.61 Å². The van der Waals surface area contributed by atoms with Crippen molar-refractivity contribution in [2.45, 2.75) is 19.6 Å². The average Bonchev–Trinajstić information content (AvgIpc) is 2.37. The van der Waals surface area contributed by atoms with Gasteiger partial charge < -0.3 is 9.84 Å². The first kappa shape index (κ1) is 12.5. The van der Waals surface area contributed by atoms with Gasteiger partial charge in [0, 0.05) is 24.0 Å². The molecular formula is C14H14FNO2. The van der Waals surface area contributed by atoms with Crippen LogP contribution in [0.5, 0.6) is 5.75 Å². The van der Waals surface area contributed by atoms with Crippen molar-refractivity contribution >= 4 is 0 Å². The number of pyridine rings is 1. The minimum atomic E-state index is -0.696. The molecule has 18 heavy (non-hydrogen) atoms. The number of rotatable bonds is 4. The molecular weight excluding hydrogens is 233 g/mol. The van der Waals surface area contributed by atoms with E-state index >= 15 is 0 Å². The van der Waals surface area contributed by atoms with Crippen LogP contribution in [0.3, 0.4) is 0 Å². The number of nitrogens with zero attached hydrogens (tertiary/aromatic N) is 1. The van der Waals surface area contributed by atoms with E-state index in [1.165, 1.54) is 18.2 Å². The molecule has 1 aromatic carbocycles. The Morgan fingerprint density at radius 3 is 2.67 bits per heavy atom. The third kappa shape index (κ3) is 3.05. The van der Waals surface area contributed by atoms with Crippen LogP contribution in [-0.4, -0.2) is 10.1 Å². The van der Waals surface area contributed by atoms with Crippen LogP contribution < -0.4 is 4.74 Å². The summed E-state index contributed by atoms with van der Waals surface area (Å²) in [6.45, 7) is 1.93. The summed E-state index contributed by atoms with van der Waals surface area (Å²) in [4.78, 5) is 3.90. The molecule has 2 aromatic rings. The topological polar surface area (TPSA) is 42.4 Å². The minimum Gasteiger partial charge on any atom is -0.488 e. The molecule has 0 saturated carbocycles. The van der Waals surface area contributed by atoms with E-state index in [4.69, 9.17) is 4.74 Å². The zero-order valence-electron chi connectivity index (χ0n) is 10.0. The average molecular weight is 247 g/mol. The van der Waals surface area contributed by atoms with Crippen molar-refractivity contribution in [3.05, 3.63) is 59.7 Å². The molecule has 1 heterocycles. The van der Waals surface area contributed by atoms with Crippen LogP contribution in [0.4, 0.5) is 4.39 Å². The lowest BCUT2D eigenvalue weighted by molar-refractivity contribution is 0.190. The third-order valence-corrected chi connectivity index (χ3v) is 2.57. The Bertz CT molecular complexity index is 514. The van der Waals surface area contributed by atoms with Crippen LogP contribution >= 0.6 is 0 Å². The van der Waals surface area contributed by atoms with E-state index < -0.39 is 6.10 Å². The SMILES string of the molecule is C[C@H](O)c1ccc(F)cc1OCc1ccncc1. The molecule has 3 nitrogen and oxygen atoms in total. The first-order valence-electron chi connectivity index (χ1n) is 5.66. The fourth-order valence-electron chi connectivity index (χ4n) is 1.62. The van der Waals surface area contributed by atoms with Gasteiger partial charge >= 0.3 is 0 Å². The molecule has 1 atom stereocenters. The lowest BCUT2D eigenvalue weighted by Gasteiger charge is -2.13. The fourth-order valence-corrected chi connectivity index (χ4v) is 1.62. The molecule has 0 amide bonds. The van der Waals surface area contributed by atoms with E-state index in [0.717, 1.165) is 5.56 Å². The van der Waals surface area contributed by atoms with Crippen LogP contribution in [0.1, 0.15) is 24.2 Å². The number of hydrogen-bond donors (Lipinski definition) is 1. The third-order valence-electron chi connectivity index (χ3n) is 2.57. The summed E-state index contributed by atoms with van der Waals surface area (Å²) < 4.78 is 18.7. The molecule has 0 aliphatic carbocycles. The largest absolute Gasteiger partial charge is 0.488 e. The molecule has 2 rings (SSSR count). The Labute approximate surface area is 105 Å². The molecule has 0 saturated heterocycles. The zero-order chi connectivity index (χ0) is 13.0. The van der Waals surface area contributed by atoms with Gasteiger partial charge in [0.25, 0.3) is 0 Å². The smallest absolute Gasteiger partial charge is 0.128 e. The van der Waals surface area contributed by atoms with Crippen molar-refractivity contribution < 1.29 is 14.2 Å².